The van der Waals surface area contributed by atoms with Crippen LogP contribution in [0, 0.1) is 5.82 Å². The molecule has 5 nitrogen and oxygen atoms in total. The van der Waals surface area contributed by atoms with E-state index in [0.717, 1.165) is 62.6 Å². The normalized spacial score (nSPS) is 12.2. The van der Waals surface area contributed by atoms with Crippen molar-refractivity contribution in [2.24, 2.45) is 0 Å². The molecule has 0 unspecified atom stereocenters. The minimum Gasteiger partial charge on any atom is -0.478 e. The molecule has 0 radical (unpaired) electrons. The summed E-state index contributed by atoms with van der Waals surface area (Å²) in [5, 5.41) is 1.42. The third-order valence-electron chi connectivity index (χ3n) is 6.55. The molecule has 0 saturated heterocycles. The third-order valence-corrected chi connectivity index (χ3v) is 7.68. The van der Waals surface area contributed by atoms with E-state index in [0.29, 0.717) is 23.9 Å². The minimum absolute atomic E-state index is 0.0126. The number of H-pyrrole nitrogens is 1. The fraction of sp³-hybridized carbons (Fsp3) is 0.250. The molecule has 1 N–H and O–H groups in total. The quantitative estimate of drug-likeness (QED) is 0.134. The van der Waals surface area contributed by atoms with Crippen LogP contribution in [0.2, 0.25) is 5.02 Å². The lowest BCUT2D eigenvalue weighted by Gasteiger charge is -2.17. The van der Waals surface area contributed by atoms with Crippen LogP contribution in [-0.2, 0) is 4.79 Å². The van der Waals surface area contributed by atoms with Crippen molar-refractivity contribution >= 4 is 55.5 Å². The molecule has 0 spiro atoms. The number of pyridine rings is 1. The average molecular weight is 625 g/mol. The molecule has 4 aromatic rings. The first-order valence-electron chi connectivity index (χ1n) is 13.2. The summed E-state index contributed by atoms with van der Waals surface area (Å²) in [4.78, 5) is 21.3. The van der Waals surface area contributed by atoms with Crippen LogP contribution in [0.25, 0.3) is 22.0 Å². The number of likely N-dealkylation sites (N-methyl/N-ethyl adjacent to an activating group) is 1. The summed E-state index contributed by atoms with van der Waals surface area (Å²) in [7, 11) is 3.47. The molecule has 0 aliphatic carbocycles. The number of rotatable bonds is 11. The van der Waals surface area contributed by atoms with Gasteiger partial charge in [-0.05, 0) is 83.1 Å². The number of benzene rings is 2. The number of nitrogens with one attached hydrogen (secondary N) is 1. The Morgan fingerprint density at radius 3 is 2.62 bits per heavy atom. The van der Waals surface area contributed by atoms with Gasteiger partial charge in [-0.2, -0.15) is 0 Å². The van der Waals surface area contributed by atoms with E-state index in [2.05, 4.69) is 38.9 Å². The highest BCUT2D eigenvalue weighted by atomic mass is 79.9. The second-order valence-corrected chi connectivity index (χ2v) is 10.8. The zero-order valence-electron chi connectivity index (χ0n) is 22.8. The van der Waals surface area contributed by atoms with Gasteiger partial charge in [0.05, 0.1) is 21.8 Å². The highest BCUT2D eigenvalue weighted by Gasteiger charge is 2.21. The van der Waals surface area contributed by atoms with Crippen molar-refractivity contribution in [3.63, 3.8) is 0 Å². The number of para-hydroxylation sites is 1. The van der Waals surface area contributed by atoms with E-state index in [-0.39, 0.29) is 11.7 Å². The third kappa shape index (κ3) is 7.01. The smallest absolute Gasteiger partial charge is 0.245 e. The summed E-state index contributed by atoms with van der Waals surface area (Å²) >= 11 is 10.4. The molecule has 0 aliphatic rings. The molecular formula is C32H32BrClFN3O2. The molecule has 0 saturated carbocycles. The van der Waals surface area contributed by atoms with Crippen LogP contribution >= 0.6 is 27.5 Å². The maximum atomic E-state index is 13.9. The molecule has 0 atom stereocenters. The number of nitrogens with zero attached hydrogens (tertiary/aromatic N) is 2. The van der Waals surface area contributed by atoms with Crippen LogP contribution in [0.3, 0.4) is 0 Å². The Bertz CT molecular complexity index is 1540. The molecule has 4 rings (SSSR count). The van der Waals surface area contributed by atoms with Crippen LogP contribution in [0.4, 0.5) is 4.39 Å². The molecule has 1 amide bonds. The molecule has 2 heterocycles. The number of fused-ring (bicyclic) bond motifs is 1. The van der Waals surface area contributed by atoms with Gasteiger partial charge in [0, 0.05) is 48.4 Å². The van der Waals surface area contributed by atoms with Crippen molar-refractivity contribution in [2.45, 2.75) is 32.6 Å². The van der Waals surface area contributed by atoms with E-state index in [1.807, 2.05) is 36.4 Å². The van der Waals surface area contributed by atoms with E-state index in [1.165, 1.54) is 12.1 Å². The van der Waals surface area contributed by atoms with Crippen LogP contribution < -0.4 is 4.74 Å². The number of hydrogen-bond acceptors (Lipinski definition) is 3. The summed E-state index contributed by atoms with van der Waals surface area (Å²) in [5.74, 6) is 0.148. The standard InChI is InChI=1S/C32H32BrClFN3O2/c1-4-23(24-16-15-22(35)19-26(24)34)30(32-31(33)25-11-8-9-12-27(25)37-32)21-14-17-28(36-20-21)40-18-10-6-5-7-13-29(39)38(2)3/h7-9,11-17,19-20,37H,4-6,10,18H2,1-3H3/b13-7+,30-23+. The first-order valence-corrected chi connectivity index (χ1v) is 14.4. The Labute approximate surface area is 247 Å². The van der Waals surface area contributed by atoms with Crippen LogP contribution in [0.5, 0.6) is 5.88 Å². The van der Waals surface area contributed by atoms with Gasteiger partial charge in [-0.3, -0.25) is 4.79 Å². The Morgan fingerprint density at radius 1 is 1.15 bits per heavy atom. The zero-order valence-corrected chi connectivity index (χ0v) is 25.2. The first kappa shape index (κ1) is 29.6. The van der Waals surface area contributed by atoms with Gasteiger partial charge in [-0.1, -0.05) is 48.9 Å². The monoisotopic (exact) mass is 623 g/mol. The maximum absolute atomic E-state index is 13.9. The van der Waals surface area contributed by atoms with Crippen molar-refractivity contribution in [3.8, 4) is 5.88 Å². The van der Waals surface area contributed by atoms with Crippen molar-refractivity contribution in [1.29, 1.82) is 0 Å². The van der Waals surface area contributed by atoms with Crippen molar-refractivity contribution in [2.75, 3.05) is 20.7 Å². The summed E-state index contributed by atoms with van der Waals surface area (Å²) in [6, 6.07) is 16.4. The Balaban J connectivity index is 1.60. The number of hydrogen-bond donors (Lipinski definition) is 1. The SMILES string of the molecule is CC/C(=C(/c1ccc(OCCCC/C=C/C(=O)N(C)C)nc1)c1[nH]c2ccccc2c1Br)c1ccc(F)cc1Cl. The number of amides is 1. The van der Waals surface area contributed by atoms with Crippen LogP contribution in [-0.4, -0.2) is 41.5 Å². The summed E-state index contributed by atoms with van der Waals surface area (Å²) in [5.41, 5.74) is 5.44. The first-order chi connectivity index (χ1) is 19.3. The number of aromatic nitrogens is 2. The molecule has 2 aromatic heterocycles. The van der Waals surface area contributed by atoms with Gasteiger partial charge < -0.3 is 14.6 Å². The Hall–Kier alpha value is -3.42. The van der Waals surface area contributed by atoms with Crippen molar-refractivity contribution < 1.29 is 13.9 Å². The summed E-state index contributed by atoms with van der Waals surface area (Å²) < 4.78 is 20.7. The van der Waals surface area contributed by atoms with E-state index in [1.54, 1.807) is 37.3 Å². The van der Waals surface area contributed by atoms with Gasteiger partial charge in [0.15, 0.2) is 0 Å². The molecule has 8 heteroatoms. The number of carbonyl (C=O) groups is 1. The second-order valence-electron chi connectivity index (χ2n) is 9.56. The number of halogens is 3. The topological polar surface area (TPSA) is 58.2 Å². The van der Waals surface area contributed by atoms with Gasteiger partial charge >= 0.3 is 0 Å². The second kappa shape index (κ2) is 13.8. The van der Waals surface area contributed by atoms with Gasteiger partial charge in [-0.25, -0.2) is 9.37 Å². The summed E-state index contributed by atoms with van der Waals surface area (Å²) in [6.07, 6.45) is 8.52. The molecule has 208 valence electrons. The predicted octanol–water partition coefficient (Wildman–Crippen LogP) is 8.68. The highest BCUT2D eigenvalue weighted by Crippen LogP contribution is 2.41. The van der Waals surface area contributed by atoms with E-state index >= 15 is 0 Å². The molecule has 0 fully saturated rings. The van der Waals surface area contributed by atoms with E-state index in [9.17, 15) is 9.18 Å². The molecular weight excluding hydrogens is 593 g/mol. The lowest BCUT2D eigenvalue weighted by Crippen LogP contribution is -2.18. The van der Waals surface area contributed by atoms with Gasteiger partial charge in [0.25, 0.3) is 0 Å². The number of aromatic amines is 1. The lowest BCUT2D eigenvalue weighted by atomic mass is 9.91. The Kier molecular flexibility index (Phi) is 10.2. The molecule has 2 aromatic carbocycles. The number of unbranched alkanes of at least 4 members (excludes halogenated alkanes) is 2. The number of carbonyl (C=O) groups excluding carboxylic acids is 1. The van der Waals surface area contributed by atoms with Gasteiger partial charge in [0.2, 0.25) is 11.8 Å². The zero-order chi connectivity index (χ0) is 28.6. The van der Waals surface area contributed by atoms with Crippen LogP contribution in [0.1, 0.15) is 49.4 Å². The number of ether oxygens (including phenoxy) is 1. The maximum Gasteiger partial charge on any atom is 0.245 e. The van der Waals surface area contributed by atoms with Gasteiger partial charge in [0.1, 0.15) is 5.82 Å². The fourth-order valence-electron chi connectivity index (χ4n) is 4.47. The fourth-order valence-corrected chi connectivity index (χ4v) is 5.40. The predicted molar refractivity (Wildman–Crippen MR) is 165 cm³/mol. The summed E-state index contributed by atoms with van der Waals surface area (Å²) in [6.45, 7) is 2.59. The Morgan fingerprint density at radius 2 is 1.95 bits per heavy atom. The largest absolute Gasteiger partial charge is 0.478 e. The molecule has 40 heavy (non-hydrogen) atoms. The molecule has 0 bridgehead atoms. The molecule has 0 aliphatic heterocycles. The van der Waals surface area contributed by atoms with Crippen LogP contribution in [0.15, 0.2) is 77.4 Å². The van der Waals surface area contributed by atoms with Crippen molar-refractivity contribution in [3.05, 3.63) is 105 Å². The average Bonchev–Trinajstić information content (AvgIpc) is 3.27. The number of allylic oxidation sites excluding steroid dienone is 2. The minimum atomic E-state index is -0.376. The van der Waals surface area contributed by atoms with E-state index < -0.39 is 0 Å². The highest BCUT2D eigenvalue weighted by molar-refractivity contribution is 9.10. The van der Waals surface area contributed by atoms with Crippen molar-refractivity contribution in [1.82, 2.24) is 14.9 Å². The lowest BCUT2D eigenvalue weighted by molar-refractivity contribution is -0.123. The van der Waals surface area contributed by atoms with E-state index in [4.69, 9.17) is 16.3 Å². The van der Waals surface area contributed by atoms with Gasteiger partial charge in [-0.15, -0.1) is 0 Å².